The summed E-state index contributed by atoms with van der Waals surface area (Å²) in [5.41, 5.74) is 10.3. The number of nitrogens with zero attached hydrogens (tertiary/aromatic N) is 5. The number of para-hydroxylation sites is 4. The Bertz CT molecular complexity index is 2420. The number of benzene rings is 6. The van der Waals surface area contributed by atoms with Gasteiger partial charge in [0.05, 0.1) is 34.7 Å². The number of hydrogen-bond acceptors (Lipinski definition) is 4. The summed E-state index contributed by atoms with van der Waals surface area (Å²) in [6.45, 7) is 1.02. The SMILES string of the molecule is CN(C(=O)Cn1cnc2ccccc21)c1ccc(-c2ccccc2)cc1.O=C(Cn1cnc2ccccc21)NCc1ccccc1-c1ccccc1. The minimum absolute atomic E-state index is 0.0145. The number of carbonyl (C=O) groups excluding carboxylic acids is 2. The largest absolute Gasteiger partial charge is 0.350 e. The average molecular weight is 683 g/mol. The molecule has 8 nitrogen and oxygen atoms in total. The molecule has 0 bridgehead atoms. The second kappa shape index (κ2) is 15.8. The van der Waals surface area contributed by atoms with Crippen LogP contribution in [0.25, 0.3) is 44.3 Å². The van der Waals surface area contributed by atoms with Crippen LogP contribution in [0.3, 0.4) is 0 Å². The molecule has 8 aromatic rings. The second-order valence-electron chi connectivity index (χ2n) is 12.4. The smallest absolute Gasteiger partial charge is 0.246 e. The molecule has 52 heavy (non-hydrogen) atoms. The van der Waals surface area contributed by atoms with E-state index >= 15 is 0 Å². The fourth-order valence-electron chi connectivity index (χ4n) is 6.15. The van der Waals surface area contributed by atoms with E-state index in [4.69, 9.17) is 0 Å². The van der Waals surface area contributed by atoms with Crippen LogP contribution >= 0.6 is 0 Å². The van der Waals surface area contributed by atoms with Crippen molar-refractivity contribution in [1.29, 1.82) is 0 Å². The average Bonchev–Trinajstić information content (AvgIpc) is 3.81. The van der Waals surface area contributed by atoms with Gasteiger partial charge in [-0.15, -0.1) is 0 Å². The first-order valence-corrected chi connectivity index (χ1v) is 17.2. The van der Waals surface area contributed by atoms with Gasteiger partial charge in [-0.2, -0.15) is 0 Å². The van der Waals surface area contributed by atoms with Crippen LogP contribution in [0.5, 0.6) is 0 Å². The molecule has 2 heterocycles. The normalized spacial score (nSPS) is 10.8. The number of nitrogens with one attached hydrogen (secondary N) is 1. The Morgan fingerprint density at radius 3 is 1.69 bits per heavy atom. The molecular formula is C44H38N6O2. The number of anilines is 1. The van der Waals surface area contributed by atoms with Crippen LogP contribution in [0.15, 0.2) is 170 Å². The van der Waals surface area contributed by atoms with Gasteiger partial charge < -0.3 is 19.4 Å². The lowest BCUT2D eigenvalue weighted by Gasteiger charge is -2.18. The van der Waals surface area contributed by atoms with Crippen LogP contribution in [-0.2, 0) is 29.2 Å². The van der Waals surface area contributed by atoms with Gasteiger partial charge in [-0.25, -0.2) is 9.97 Å². The van der Waals surface area contributed by atoms with Crippen molar-refractivity contribution in [2.24, 2.45) is 0 Å². The van der Waals surface area contributed by atoms with E-state index in [0.717, 1.165) is 55.6 Å². The van der Waals surface area contributed by atoms with Crippen LogP contribution in [0.4, 0.5) is 5.69 Å². The van der Waals surface area contributed by atoms with Gasteiger partial charge in [0.15, 0.2) is 0 Å². The number of rotatable bonds is 9. The maximum absolute atomic E-state index is 12.7. The Hall–Kier alpha value is -6.80. The first-order valence-electron chi connectivity index (χ1n) is 17.2. The van der Waals surface area contributed by atoms with E-state index in [0.29, 0.717) is 6.54 Å². The zero-order valence-corrected chi connectivity index (χ0v) is 28.8. The molecule has 256 valence electrons. The van der Waals surface area contributed by atoms with Crippen LogP contribution in [0.2, 0.25) is 0 Å². The molecular weight excluding hydrogens is 645 g/mol. The van der Waals surface area contributed by atoms with Gasteiger partial charge in [0.2, 0.25) is 11.8 Å². The highest BCUT2D eigenvalue weighted by Gasteiger charge is 2.14. The van der Waals surface area contributed by atoms with Gasteiger partial charge in [0, 0.05) is 19.3 Å². The van der Waals surface area contributed by atoms with E-state index in [1.165, 1.54) is 0 Å². The molecule has 0 saturated carbocycles. The lowest BCUT2D eigenvalue weighted by molar-refractivity contribution is -0.122. The summed E-state index contributed by atoms with van der Waals surface area (Å²) in [5, 5.41) is 3.02. The van der Waals surface area contributed by atoms with Crippen molar-refractivity contribution < 1.29 is 9.59 Å². The van der Waals surface area contributed by atoms with Gasteiger partial charge in [-0.3, -0.25) is 9.59 Å². The third-order valence-corrected chi connectivity index (χ3v) is 8.99. The van der Waals surface area contributed by atoms with Crippen molar-refractivity contribution in [1.82, 2.24) is 24.4 Å². The van der Waals surface area contributed by atoms with Crippen molar-refractivity contribution in [2.75, 3.05) is 11.9 Å². The van der Waals surface area contributed by atoms with Crippen LogP contribution < -0.4 is 10.2 Å². The quantitative estimate of drug-likeness (QED) is 0.166. The number of hydrogen-bond donors (Lipinski definition) is 1. The monoisotopic (exact) mass is 682 g/mol. The van der Waals surface area contributed by atoms with Gasteiger partial charge in [-0.1, -0.05) is 121 Å². The minimum Gasteiger partial charge on any atom is -0.350 e. The number of likely N-dealkylation sites (N-methyl/N-ethyl adjacent to an activating group) is 1. The maximum Gasteiger partial charge on any atom is 0.246 e. The summed E-state index contributed by atoms with van der Waals surface area (Å²) >= 11 is 0. The summed E-state index contributed by atoms with van der Waals surface area (Å²) < 4.78 is 3.75. The molecule has 0 fully saturated rings. The molecule has 2 aromatic heterocycles. The highest BCUT2D eigenvalue weighted by atomic mass is 16.2. The van der Waals surface area contributed by atoms with E-state index in [2.05, 4.69) is 51.7 Å². The van der Waals surface area contributed by atoms with Crippen LogP contribution in [-0.4, -0.2) is 38.0 Å². The fraction of sp³-hybridized carbons (Fsp3) is 0.0909. The van der Waals surface area contributed by atoms with Gasteiger partial charge >= 0.3 is 0 Å². The third-order valence-electron chi connectivity index (χ3n) is 8.99. The van der Waals surface area contributed by atoms with Gasteiger partial charge in [0.1, 0.15) is 13.1 Å². The molecule has 1 N–H and O–H groups in total. The van der Waals surface area contributed by atoms with Crippen molar-refractivity contribution in [2.45, 2.75) is 19.6 Å². The lowest BCUT2D eigenvalue weighted by Crippen LogP contribution is -2.29. The summed E-state index contributed by atoms with van der Waals surface area (Å²) in [7, 11) is 1.80. The number of fused-ring (bicyclic) bond motifs is 2. The second-order valence-corrected chi connectivity index (χ2v) is 12.4. The molecule has 0 saturated heterocycles. The van der Waals surface area contributed by atoms with Crippen molar-refractivity contribution in [3.63, 3.8) is 0 Å². The third kappa shape index (κ3) is 7.82. The molecule has 8 heteroatoms. The van der Waals surface area contributed by atoms with Crippen molar-refractivity contribution >= 4 is 39.6 Å². The Kier molecular flexibility index (Phi) is 10.3. The molecule has 0 radical (unpaired) electrons. The standard InChI is InChI=1S/2C22H19N3O/c1-24(19-13-11-18(12-14-19)17-7-3-2-4-8-17)22(26)15-25-16-23-20-9-5-6-10-21(20)25;26-22(15-25-16-24-20-12-6-7-13-21(20)25)23-14-18-10-4-5-11-19(18)17-8-2-1-3-9-17/h2-14,16H,15H2,1H3;1-13,16H,14-15H2,(H,23,26). The summed E-state index contributed by atoms with van der Waals surface area (Å²) in [6.07, 6.45) is 3.43. The summed E-state index contributed by atoms with van der Waals surface area (Å²) in [4.78, 5) is 35.5. The van der Waals surface area contributed by atoms with E-state index in [1.54, 1.807) is 24.6 Å². The van der Waals surface area contributed by atoms with E-state index in [9.17, 15) is 9.59 Å². The number of carbonyl (C=O) groups is 2. The number of amides is 2. The van der Waals surface area contributed by atoms with Crippen molar-refractivity contribution in [3.8, 4) is 22.3 Å². The molecule has 0 aliphatic rings. The first kappa shape index (κ1) is 33.7. The van der Waals surface area contributed by atoms with Gasteiger partial charge in [-0.05, 0) is 64.2 Å². The lowest BCUT2D eigenvalue weighted by atomic mass is 10.00. The molecule has 0 atom stereocenters. The molecule has 6 aromatic carbocycles. The number of aromatic nitrogens is 4. The van der Waals surface area contributed by atoms with Crippen LogP contribution in [0.1, 0.15) is 5.56 Å². The van der Waals surface area contributed by atoms with E-state index < -0.39 is 0 Å². The highest BCUT2D eigenvalue weighted by Crippen LogP contribution is 2.24. The predicted molar refractivity (Wildman–Crippen MR) is 208 cm³/mol. The zero-order chi connectivity index (χ0) is 35.7. The summed E-state index contributed by atoms with van der Waals surface area (Å²) in [6, 6.07) is 52.2. The Balaban J connectivity index is 0.000000162. The molecule has 0 spiro atoms. The van der Waals surface area contributed by atoms with Crippen LogP contribution in [0, 0.1) is 0 Å². The molecule has 0 unspecified atom stereocenters. The topological polar surface area (TPSA) is 85.1 Å². The molecule has 0 aliphatic carbocycles. The minimum atomic E-state index is -0.0315. The van der Waals surface area contributed by atoms with Gasteiger partial charge in [0.25, 0.3) is 0 Å². The van der Waals surface area contributed by atoms with E-state index in [1.807, 2.05) is 130 Å². The fourth-order valence-corrected chi connectivity index (χ4v) is 6.15. The Labute approximate surface area is 302 Å². The Morgan fingerprint density at radius 2 is 1.06 bits per heavy atom. The highest BCUT2D eigenvalue weighted by molar-refractivity contribution is 5.93. The molecule has 2 amide bonds. The maximum atomic E-state index is 12.7. The zero-order valence-electron chi connectivity index (χ0n) is 28.8. The number of imidazole rings is 2. The summed E-state index contributed by atoms with van der Waals surface area (Å²) in [5.74, 6) is -0.0170. The molecule has 8 rings (SSSR count). The predicted octanol–water partition coefficient (Wildman–Crippen LogP) is 8.39. The molecule has 0 aliphatic heterocycles. The van der Waals surface area contributed by atoms with E-state index in [-0.39, 0.29) is 24.9 Å². The first-order chi connectivity index (χ1) is 25.5. The Morgan fingerprint density at radius 1 is 0.558 bits per heavy atom. The van der Waals surface area contributed by atoms with Crippen molar-refractivity contribution in [3.05, 3.63) is 176 Å².